The van der Waals surface area contributed by atoms with Gasteiger partial charge in [-0.05, 0) is 55.0 Å². The number of aliphatic hydroxyl groups is 1. The number of benzene rings is 1. The molecule has 0 aliphatic heterocycles. The summed E-state index contributed by atoms with van der Waals surface area (Å²) >= 11 is 0. The molecule has 2 atom stereocenters. The Labute approximate surface area is 148 Å². The zero-order chi connectivity index (χ0) is 17.6. The molecular formula is C20H25N3O2. The van der Waals surface area contributed by atoms with Gasteiger partial charge in [-0.3, -0.25) is 4.98 Å². The first-order chi connectivity index (χ1) is 12.2. The molecular weight excluding hydrogens is 314 g/mol. The van der Waals surface area contributed by atoms with Crippen LogP contribution in [-0.2, 0) is 6.42 Å². The molecule has 132 valence electrons. The average molecular weight is 339 g/mol. The molecule has 1 aliphatic carbocycles. The van der Waals surface area contributed by atoms with Crippen LogP contribution >= 0.6 is 0 Å². The van der Waals surface area contributed by atoms with Gasteiger partial charge in [-0.15, -0.1) is 0 Å². The molecule has 0 saturated carbocycles. The molecule has 2 amide bonds. The smallest absolute Gasteiger partial charge is 0.318 e. The second-order valence-corrected chi connectivity index (χ2v) is 6.48. The van der Waals surface area contributed by atoms with Crippen LogP contribution in [0.1, 0.15) is 48.5 Å². The third-order valence-electron chi connectivity index (χ3n) is 4.84. The monoisotopic (exact) mass is 339 g/mol. The number of aliphatic hydroxyl groups excluding tert-OH is 1. The van der Waals surface area contributed by atoms with Gasteiger partial charge in [-0.2, -0.15) is 0 Å². The minimum Gasteiger partial charge on any atom is -0.396 e. The molecule has 0 saturated heterocycles. The zero-order valence-electron chi connectivity index (χ0n) is 14.6. The number of carbonyl (C=O) groups excluding carboxylic acids is 1. The molecule has 2 N–H and O–H groups in total. The van der Waals surface area contributed by atoms with Crippen molar-refractivity contribution in [3.05, 3.63) is 65.5 Å². The maximum absolute atomic E-state index is 12.9. The number of urea groups is 1. The first kappa shape index (κ1) is 17.4. The highest BCUT2D eigenvalue weighted by atomic mass is 16.3. The third-order valence-corrected chi connectivity index (χ3v) is 4.84. The maximum atomic E-state index is 12.9. The molecule has 2 aromatic rings. The van der Waals surface area contributed by atoms with Crippen molar-refractivity contribution in [3.8, 4) is 0 Å². The number of aromatic nitrogens is 1. The Hall–Kier alpha value is -2.40. The number of nitrogens with one attached hydrogen (secondary N) is 1. The minimum absolute atomic E-state index is 0.0763. The summed E-state index contributed by atoms with van der Waals surface area (Å²) in [6, 6.07) is 12.0. The lowest BCUT2D eigenvalue weighted by Gasteiger charge is -2.31. The van der Waals surface area contributed by atoms with Crippen molar-refractivity contribution in [1.82, 2.24) is 15.2 Å². The van der Waals surface area contributed by atoms with Gasteiger partial charge < -0.3 is 15.3 Å². The molecule has 1 aromatic heterocycles. The molecule has 1 heterocycles. The van der Waals surface area contributed by atoms with Gasteiger partial charge in [0.15, 0.2) is 0 Å². The number of aryl methyl sites for hydroxylation is 1. The second-order valence-electron chi connectivity index (χ2n) is 6.48. The molecule has 1 aromatic carbocycles. The van der Waals surface area contributed by atoms with E-state index in [9.17, 15) is 9.90 Å². The normalized spacial score (nSPS) is 17.0. The van der Waals surface area contributed by atoms with Gasteiger partial charge >= 0.3 is 6.03 Å². The lowest BCUT2D eigenvalue weighted by atomic mass is 10.1. The number of pyridine rings is 1. The Morgan fingerprint density at radius 1 is 1.32 bits per heavy atom. The first-order valence-electron chi connectivity index (χ1n) is 8.86. The Bertz CT molecular complexity index is 705. The quantitative estimate of drug-likeness (QED) is 0.849. The van der Waals surface area contributed by atoms with Crippen molar-refractivity contribution in [2.24, 2.45) is 0 Å². The lowest BCUT2D eigenvalue weighted by molar-refractivity contribution is 0.162. The zero-order valence-corrected chi connectivity index (χ0v) is 14.6. The number of hydrogen-bond acceptors (Lipinski definition) is 3. The van der Waals surface area contributed by atoms with E-state index in [0.717, 1.165) is 18.4 Å². The number of amides is 2. The summed E-state index contributed by atoms with van der Waals surface area (Å²) < 4.78 is 0. The number of hydrogen-bond donors (Lipinski definition) is 2. The molecule has 0 spiro atoms. The van der Waals surface area contributed by atoms with E-state index in [1.807, 2.05) is 36.1 Å². The van der Waals surface area contributed by atoms with E-state index in [4.69, 9.17) is 0 Å². The van der Waals surface area contributed by atoms with Crippen molar-refractivity contribution in [3.63, 3.8) is 0 Å². The van der Waals surface area contributed by atoms with Crippen LogP contribution in [0.4, 0.5) is 4.79 Å². The minimum atomic E-state index is -0.0937. The van der Waals surface area contributed by atoms with E-state index < -0.39 is 0 Å². The van der Waals surface area contributed by atoms with E-state index in [1.54, 1.807) is 12.4 Å². The highest BCUT2D eigenvalue weighted by Gasteiger charge is 2.31. The van der Waals surface area contributed by atoms with Crippen molar-refractivity contribution in [2.75, 3.05) is 13.2 Å². The molecule has 5 nitrogen and oxygen atoms in total. The largest absolute Gasteiger partial charge is 0.396 e. The van der Waals surface area contributed by atoms with Crippen LogP contribution in [0, 0.1) is 0 Å². The van der Waals surface area contributed by atoms with Gasteiger partial charge in [0.05, 0.1) is 12.1 Å². The number of nitrogens with zero attached hydrogens (tertiary/aromatic N) is 2. The van der Waals surface area contributed by atoms with Gasteiger partial charge in [0.25, 0.3) is 0 Å². The van der Waals surface area contributed by atoms with E-state index in [-0.39, 0.29) is 24.7 Å². The van der Waals surface area contributed by atoms with Crippen LogP contribution in [0.2, 0.25) is 0 Å². The Balaban J connectivity index is 1.75. The van der Waals surface area contributed by atoms with Gasteiger partial charge in [-0.1, -0.05) is 24.3 Å². The molecule has 5 heteroatoms. The Morgan fingerprint density at radius 2 is 2.08 bits per heavy atom. The maximum Gasteiger partial charge on any atom is 0.318 e. The van der Waals surface area contributed by atoms with E-state index in [2.05, 4.69) is 22.4 Å². The van der Waals surface area contributed by atoms with Crippen molar-refractivity contribution < 1.29 is 9.90 Å². The highest BCUT2D eigenvalue weighted by molar-refractivity contribution is 5.75. The Kier molecular flexibility index (Phi) is 5.66. The van der Waals surface area contributed by atoms with E-state index >= 15 is 0 Å². The fourth-order valence-corrected chi connectivity index (χ4v) is 3.50. The predicted octanol–water partition coefficient (Wildman–Crippen LogP) is 3.22. The van der Waals surface area contributed by atoms with Crippen LogP contribution in [0.3, 0.4) is 0 Å². The van der Waals surface area contributed by atoms with Crippen LogP contribution < -0.4 is 5.32 Å². The third kappa shape index (κ3) is 3.99. The molecule has 1 aliphatic rings. The summed E-state index contributed by atoms with van der Waals surface area (Å²) in [7, 11) is 0. The number of rotatable bonds is 6. The molecule has 3 rings (SSSR count). The predicted molar refractivity (Wildman–Crippen MR) is 97.1 cm³/mol. The summed E-state index contributed by atoms with van der Waals surface area (Å²) in [6.07, 6.45) is 5.96. The van der Waals surface area contributed by atoms with Gasteiger partial charge in [-0.25, -0.2) is 4.79 Å². The first-order valence-corrected chi connectivity index (χ1v) is 8.86. The summed E-state index contributed by atoms with van der Waals surface area (Å²) in [4.78, 5) is 18.8. The Morgan fingerprint density at radius 3 is 2.84 bits per heavy atom. The summed E-state index contributed by atoms with van der Waals surface area (Å²) in [5, 5.41) is 12.3. The number of carbonyl (C=O) groups is 1. The van der Waals surface area contributed by atoms with Crippen molar-refractivity contribution in [2.45, 2.75) is 38.3 Å². The van der Waals surface area contributed by atoms with E-state index in [1.165, 1.54) is 11.1 Å². The van der Waals surface area contributed by atoms with Crippen LogP contribution in [0.25, 0.3) is 0 Å². The standard InChI is InChI=1S/C20H25N3O2/c1-15(16-9-11-21-12-10-16)22-20(25)23(13-4-14-24)19-8-7-17-5-2-3-6-18(17)19/h2-3,5-6,9-12,15,19,24H,4,7-8,13-14H2,1H3,(H,22,25)/t15-,19+/m0/s1. The van der Waals surface area contributed by atoms with E-state index in [0.29, 0.717) is 13.0 Å². The van der Waals surface area contributed by atoms with Crippen LogP contribution in [0.15, 0.2) is 48.8 Å². The second kappa shape index (κ2) is 8.12. The molecule has 25 heavy (non-hydrogen) atoms. The summed E-state index contributed by atoms with van der Waals surface area (Å²) in [5.74, 6) is 0. The molecule has 0 unspecified atom stereocenters. The topological polar surface area (TPSA) is 65.5 Å². The van der Waals surface area contributed by atoms with Gasteiger partial charge in [0.1, 0.15) is 0 Å². The SMILES string of the molecule is C[C@H](NC(=O)N(CCCO)[C@@H]1CCc2ccccc21)c1ccncc1. The molecule has 0 fully saturated rings. The number of fused-ring (bicyclic) bond motifs is 1. The van der Waals surface area contributed by atoms with Gasteiger partial charge in [0.2, 0.25) is 0 Å². The fourth-order valence-electron chi connectivity index (χ4n) is 3.50. The van der Waals surface area contributed by atoms with Crippen molar-refractivity contribution in [1.29, 1.82) is 0 Å². The average Bonchev–Trinajstić information content (AvgIpc) is 3.07. The van der Waals surface area contributed by atoms with Gasteiger partial charge in [0, 0.05) is 25.5 Å². The summed E-state index contributed by atoms with van der Waals surface area (Å²) in [5.41, 5.74) is 3.57. The molecule has 0 bridgehead atoms. The fraction of sp³-hybridized carbons (Fsp3) is 0.400. The van der Waals surface area contributed by atoms with Crippen LogP contribution in [-0.4, -0.2) is 34.2 Å². The highest BCUT2D eigenvalue weighted by Crippen LogP contribution is 2.35. The van der Waals surface area contributed by atoms with Crippen LogP contribution in [0.5, 0.6) is 0 Å². The lowest BCUT2D eigenvalue weighted by Crippen LogP contribution is -2.43. The summed E-state index contributed by atoms with van der Waals surface area (Å²) in [6.45, 7) is 2.60. The van der Waals surface area contributed by atoms with Crippen molar-refractivity contribution >= 4 is 6.03 Å². The molecule has 0 radical (unpaired) electrons.